The Morgan fingerprint density at radius 1 is 1.29 bits per heavy atom. The van der Waals surface area contributed by atoms with Crippen molar-refractivity contribution < 1.29 is 8.42 Å². The molecule has 1 aromatic carbocycles. The van der Waals surface area contributed by atoms with Crippen LogP contribution in [-0.4, -0.2) is 31.7 Å². The number of nitrogens with one attached hydrogen (secondary N) is 3. The maximum absolute atomic E-state index is 12.5. The minimum atomic E-state index is -3.65. The molecule has 0 radical (unpaired) electrons. The highest BCUT2D eigenvalue weighted by Crippen LogP contribution is 2.19. The van der Waals surface area contributed by atoms with Crippen LogP contribution in [0.5, 0.6) is 0 Å². The van der Waals surface area contributed by atoms with E-state index in [0.717, 1.165) is 0 Å². The number of nitrogens with zero attached hydrogens (tertiary/aromatic N) is 1. The van der Waals surface area contributed by atoms with Crippen molar-refractivity contribution in [3.05, 3.63) is 68.9 Å². The number of fused-ring (bicyclic) bond motifs is 1. The largest absolute Gasteiger partial charge is 0.368 e. The van der Waals surface area contributed by atoms with Crippen molar-refractivity contribution in [1.82, 2.24) is 14.9 Å². The van der Waals surface area contributed by atoms with E-state index in [0.29, 0.717) is 35.1 Å². The maximum Gasteiger partial charge on any atom is 0.272 e. The number of sulfonamides is 1. The Morgan fingerprint density at radius 2 is 1.96 bits per heavy atom. The lowest BCUT2D eigenvalue weighted by Gasteiger charge is -2.12. The molecule has 2 rings (SSSR count). The van der Waals surface area contributed by atoms with Gasteiger partial charge in [-0.05, 0) is 38.0 Å². The molecule has 0 amide bonds. The van der Waals surface area contributed by atoms with E-state index in [2.05, 4.69) is 26.8 Å². The third-order valence-corrected chi connectivity index (χ3v) is 5.78. The van der Waals surface area contributed by atoms with Gasteiger partial charge in [0.2, 0.25) is 10.0 Å². The summed E-state index contributed by atoms with van der Waals surface area (Å²) in [4.78, 5) is 11.9. The van der Waals surface area contributed by atoms with Crippen molar-refractivity contribution in [2.45, 2.75) is 20.3 Å². The first-order valence-electron chi connectivity index (χ1n) is 8.66. The van der Waals surface area contributed by atoms with Crippen molar-refractivity contribution in [3.8, 4) is 0 Å². The van der Waals surface area contributed by atoms with Crippen LogP contribution in [0.1, 0.15) is 20.3 Å². The van der Waals surface area contributed by atoms with E-state index < -0.39 is 10.0 Å². The van der Waals surface area contributed by atoms with Gasteiger partial charge in [-0.1, -0.05) is 42.5 Å². The Kier molecular flexibility index (Phi) is 7.56. The Labute approximate surface area is 169 Å². The number of aromatic nitrogens is 2. The highest BCUT2D eigenvalue weighted by molar-refractivity contribution is 7.93. The van der Waals surface area contributed by atoms with E-state index in [1.807, 2.05) is 6.07 Å². The van der Waals surface area contributed by atoms with Crippen LogP contribution in [0.15, 0.2) is 63.3 Å². The molecular weight excluding hydrogens is 400 g/mol. The van der Waals surface area contributed by atoms with Crippen LogP contribution in [0.2, 0.25) is 0 Å². The zero-order valence-electron chi connectivity index (χ0n) is 15.8. The van der Waals surface area contributed by atoms with Crippen molar-refractivity contribution >= 4 is 38.2 Å². The molecule has 0 unspecified atom stereocenters. The summed E-state index contributed by atoms with van der Waals surface area (Å²) in [5, 5.41) is 11.1. The fourth-order valence-corrected chi connectivity index (χ4v) is 4.26. The number of benzene rings is 1. The molecule has 3 N–H and O–H groups in total. The van der Waals surface area contributed by atoms with Crippen LogP contribution in [0.3, 0.4) is 0 Å². The minimum Gasteiger partial charge on any atom is -0.368 e. The summed E-state index contributed by atoms with van der Waals surface area (Å²) < 4.78 is 27.5. The molecule has 0 aliphatic heterocycles. The predicted molar refractivity (Wildman–Crippen MR) is 115 cm³/mol. The average Bonchev–Trinajstić information content (AvgIpc) is 2.63. The number of anilines is 1. The molecule has 9 heteroatoms. The molecule has 0 saturated carbocycles. The molecule has 0 aliphatic rings. The highest BCUT2D eigenvalue weighted by Gasteiger charge is 2.17. The van der Waals surface area contributed by atoms with Crippen LogP contribution >= 0.6 is 11.6 Å². The highest BCUT2D eigenvalue weighted by atomic mass is 35.5. The van der Waals surface area contributed by atoms with Crippen molar-refractivity contribution in [2.24, 2.45) is 0 Å². The molecule has 150 valence electrons. The normalized spacial score (nSPS) is 13.0. The average molecular weight is 423 g/mol. The summed E-state index contributed by atoms with van der Waals surface area (Å²) in [6.07, 6.45) is 3.55. The first-order valence-corrected chi connectivity index (χ1v) is 10.5. The SMILES string of the molecule is C=C(Cl)/C=C(C)\C(=C/C)S(=O)(=O)NCCCNc1n[nH]c(=O)c2ccccc12. The molecule has 1 aromatic heterocycles. The summed E-state index contributed by atoms with van der Waals surface area (Å²) in [6, 6.07) is 7.14. The summed E-state index contributed by atoms with van der Waals surface area (Å²) in [7, 11) is -3.65. The first kappa shape index (κ1) is 21.9. The lowest BCUT2D eigenvalue weighted by atomic mass is 10.2. The topological polar surface area (TPSA) is 104 Å². The minimum absolute atomic E-state index is 0.163. The summed E-state index contributed by atoms with van der Waals surface area (Å²) in [5.74, 6) is 0.548. The second kappa shape index (κ2) is 9.68. The molecule has 0 aliphatic carbocycles. The number of allylic oxidation sites excluding steroid dienone is 4. The van der Waals surface area contributed by atoms with Gasteiger partial charge in [-0.15, -0.1) is 0 Å². The van der Waals surface area contributed by atoms with E-state index in [1.165, 1.54) is 12.2 Å². The quantitative estimate of drug-likeness (QED) is 0.425. The number of hydrogen-bond donors (Lipinski definition) is 3. The van der Waals surface area contributed by atoms with Gasteiger partial charge in [-0.25, -0.2) is 18.2 Å². The molecule has 7 nitrogen and oxygen atoms in total. The van der Waals surface area contributed by atoms with Crippen LogP contribution in [0, 0.1) is 0 Å². The van der Waals surface area contributed by atoms with E-state index in [4.69, 9.17) is 11.6 Å². The van der Waals surface area contributed by atoms with Gasteiger partial charge in [0.15, 0.2) is 5.82 Å². The lowest BCUT2D eigenvalue weighted by molar-refractivity contribution is 0.587. The zero-order chi connectivity index (χ0) is 20.7. The molecule has 0 atom stereocenters. The van der Waals surface area contributed by atoms with Crippen molar-refractivity contribution in [3.63, 3.8) is 0 Å². The van der Waals surface area contributed by atoms with E-state index in [1.54, 1.807) is 32.0 Å². The maximum atomic E-state index is 12.5. The Hall–Kier alpha value is -2.42. The fraction of sp³-hybridized carbons (Fsp3) is 0.263. The summed E-state index contributed by atoms with van der Waals surface area (Å²) in [6.45, 7) is 7.58. The number of rotatable bonds is 9. The van der Waals surface area contributed by atoms with E-state index >= 15 is 0 Å². The molecule has 28 heavy (non-hydrogen) atoms. The van der Waals surface area contributed by atoms with Gasteiger partial charge in [0, 0.05) is 23.5 Å². The molecule has 0 saturated heterocycles. The van der Waals surface area contributed by atoms with Gasteiger partial charge in [0.1, 0.15) is 0 Å². The predicted octanol–water partition coefficient (Wildman–Crippen LogP) is 3.25. The third-order valence-electron chi connectivity index (χ3n) is 3.95. The van der Waals surface area contributed by atoms with Gasteiger partial charge >= 0.3 is 0 Å². The standard InChI is InChI=1S/C19H23ClN4O3S/c1-4-17(13(2)12-14(3)20)28(26,27)22-11-7-10-21-18-15-8-5-6-9-16(15)19(25)24-23-18/h4-6,8-9,12,22H,3,7,10-11H2,1-2H3,(H,21,23)(H,24,25)/b13-12-,17-4+. The molecule has 1 heterocycles. The number of hydrogen-bond acceptors (Lipinski definition) is 5. The molecule has 0 bridgehead atoms. The molecule has 0 spiro atoms. The molecule has 0 fully saturated rings. The van der Waals surface area contributed by atoms with Crippen molar-refractivity contribution in [1.29, 1.82) is 0 Å². The second-order valence-corrected chi connectivity index (χ2v) is 8.27. The summed E-state index contributed by atoms with van der Waals surface area (Å²) in [5.41, 5.74) is 0.257. The van der Waals surface area contributed by atoms with E-state index in [-0.39, 0.29) is 22.0 Å². The fourth-order valence-electron chi connectivity index (χ4n) is 2.73. The smallest absolute Gasteiger partial charge is 0.272 e. The van der Waals surface area contributed by atoms with Gasteiger partial charge in [-0.3, -0.25) is 4.79 Å². The zero-order valence-corrected chi connectivity index (χ0v) is 17.3. The van der Waals surface area contributed by atoms with Gasteiger partial charge in [0.25, 0.3) is 5.56 Å². The van der Waals surface area contributed by atoms with E-state index in [9.17, 15) is 13.2 Å². The Morgan fingerprint density at radius 3 is 2.61 bits per heavy atom. The summed E-state index contributed by atoms with van der Waals surface area (Å²) >= 11 is 5.73. The first-order chi connectivity index (χ1) is 13.3. The van der Waals surface area contributed by atoms with Crippen LogP contribution < -0.4 is 15.6 Å². The molecule has 2 aromatic rings. The second-order valence-electron chi connectivity index (χ2n) is 6.05. The Balaban J connectivity index is 1.95. The van der Waals surface area contributed by atoms with Crippen LogP contribution in [-0.2, 0) is 10.0 Å². The lowest BCUT2D eigenvalue weighted by Crippen LogP contribution is -2.27. The molecular formula is C19H23ClN4O3S. The van der Waals surface area contributed by atoms with Crippen molar-refractivity contribution in [2.75, 3.05) is 18.4 Å². The monoisotopic (exact) mass is 422 g/mol. The van der Waals surface area contributed by atoms with Crippen LogP contribution in [0.25, 0.3) is 10.8 Å². The van der Waals surface area contributed by atoms with Gasteiger partial charge in [-0.2, -0.15) is 5.10 Å². The third kappa shape index (κ3) is 5.54. The Bertz CT molecular complexity index is 1090. The van der Waals surface area contributed by atoms with Gasteiger partial charge in [0.05, 0.1) is 10.3 Å². The van der Waals surface area contributed by atoms with Gasteiger partial charge < -0.3 is 5.32 Å². The number of H-pyrrole nitrogens is 1. The number of halogens is 1. The van der Waals surface area contributed by atoms with Crippen LogP contribution in [0.4, 0.5) is 5.82 Å². The number of aromatic amines is 1.